The third kappa shape index (κ3) is 3.60. The fourth-order valence-electron chi connectivity index (χ4n) is 2.39. The van der Waals surface area contributed by atoms with E-state index in [1.165, 1.54) is 5.56 Å². The van der Waals surface area contributed by atoms with Crippen molar-refractivity contribution in [2.24, 2.45) is 0 Å². The van der Waals surface area contributed by atoms with Gasteiger partial charge in [-0.3, -0.25) is 4.57 Å². The molecule has 2 rings (SSSR count). The number of benzene rings is 1. The highest BCUT2D eigenvalue weighted by Crippen LogP contribution is 2.28. The normalized spacial score (nSPS) is 11.9. The summed E-state index contributed by atoms with van der Waals surface area (Å²) >= 11 is 0. The molecule has 0 aliphatic carbocycles. The quantitative estimate of drug-likeness (QED) is 0.890. The highest BCUT2D eigenvalue weighted by Gasteiger charge is 2.17. The molecule has 1 heterocycles. The van der Waals surface area contributed by atoms with Crippen molar-refractivity contribution in [3.05, 3.63) is 47.2 Å². The zero-order valence-electron chi connectivity index (χ0n) is 13.2. The summed E-state index contributed by atoms with van der Waals surface area (Å²) in [4.78, 5) is 0. The molecule has 1 aromatic heterocycles. The average Bonchev–Trinajstić information content (AvgIpc) is 2.76. The van der Waals surface area contributed by atoms with E-state index in [-0.39, 0.29) is 6.10 Å². The highest BCUT2D eigenvalue weighted by molar-refractivity contribution is 5.55. The molecular formula is C17H21N3O2. The summed E-state index contributed by atoms with van der Waals surface area (Å²) < 4.78 is 12.7. The van der Waals surface area contributed by atoms with Crippen LogP contribution in [0.4, 0.5) is 5.69 Å². The van der Waals surface area contributed by atoms with E-state index in [0.29, 0.717) is 30.4 Å². The molecule has 116 valence electrons. The summed E-state index contributed by atoms with van der Waals surface area (Å²) in [7, 11) is 1.62. The molecule has 0 saturated heterocycles. The summed E-state index contributed by atoms with van der Waals surface area (Å²) in [6.45, 7) is 4.93. The molecule has 0 radical (unpaired) electrons. The minimum atomic E-state index is -0.148. The first-order valence-corrected chi connectivity index (χ1v) is 7.15. The van der Waals surface area contributed by atoms with Gasteiger partial charge in [-0.05, 0) is 19.4 Å². The Hall–Kier alpha value is -2.45. The third-order valence-corrected chi connectivity index (χ3v) is 3.33. The van der Waals surface area contributed by atoms with E-state index >= 15 is 0 Å². The number of aryl methyl sites for hydroxylation is 1. The molecule has 0 unspecified atom stereocenters. The molecule has 2 N–H and O–H groups in total. The lowest BCUT2D eigenvalue weighted by Gasteiger charge is -2.17. The molecule has 2 aromatic rings. The van der Waals surface area contributed by atoms with Crippen LogP contribution in [-0.2, 0) is 11.3 Å². The van der Waals surface area contributed by atoms with Crippen molar-refractivity contribution < 1.29 is 9.47 Å². The van der Waals surface area contributed by atoms with Crippen LogP contribution in [0, 0.1) is 18.3 Å². The number of hydrogen-bond donors (Lipinski definition) is 1. The summed E-state index contributed by atoms with van der Waals surface area (Å²) in [6.07, 6.45) is -0.148. The van der Waals surface area contributed by atoms with Crippen LogP contribution in [0.25, 0.3) is 0 Å². The van der Waals surface area contributed by atoms with Crippen LogP contribution in [0.2, 0.25) is 0 Å². The van der Waals surface area contributed by atoms with E-state index in [4.69, 9.17) is 15.2 Å². The van der Waals surface area contributed by atoms with Crippen LogP contribution in [0.3, 0.4) is 0 Å². The van der Waals surface area contributed by atoms with Gasteiger partial charge in [0.1, 0.15) is 17.9 Å². The van der Waals surface area contributed by atoms with E-state index in [2.05, 4.69) is 12.1 Å². The SMILES string of the molecule is COC[C@H](C)Oc1c(N)cc(C#N)n1Cc1cccc(C)c1. The lowest BCUT2D eigenvalue weighted by Crippen LogP contribution is -2.20. The lowest BCUT2D eigenvalue weighted by molar-refractivity contribution is 0.0869. The van der Waals surface area contributed by atoms with Crippen LogP contribution in [0.5, 0.6) is 5.88 Å². The lowest BCUT2D eigenvalue weighted by atomic mass is 10.1. The Morgan fingerprint density at radius 1 is 1.36 bits per heavy atom. The predicted molar refractivity (Wildman–Crippen MR) is 85.8 cm³/mol. The first kappa shape index (κ1) is 15.9. The summed E-state index contributed by atoms with van der Waals surface area (Å²) in [5.41, 5.74) is 9.22. The fourth-order valence-corrected chi connectivity index (χ4v) is 2.39. The Bertz CT molecular complexity index is 686. The predicted octanol–water partition coefficient (Wildman–Crippen LogP) is 2.71. The molecular weight excluding hydrogens is 278 g/mol. The maximum atomic E-state index is 9.32. The Labute approximate surface area is 130 Å². The van der Waals surface area contributed by atoms with Gasteiger partial charge < -0.3 is 15.2 Å². The number of aromatic nitrogens is 1. The summed E-state index contributed by atoms with van der Waals surface area (Å²) in [6, 6.07) is 12.0. The fraction of sp³-hybridized carbons (Fsp3) is 0.353. The highest BCUT2D eigenvalue weighted by atomic mass is 16.5. The number of anilines is 1. The second-order valence-electron chi connectivity index (χ2n) is 5.36. The van der Waals surface area contributed by atoms with Gasteiger partial charge in [0.05, 0.1) is 18.8 Å². The van der Waals surface area contributed by atoms with Crippen LogP contribution < -0.4 is 10.5 Å². The van der Waals surface area contributed by atoms with Crippen molar-refractivity contribution >= 4 is 5.69 Å². The maximum Gasteiger partial charge on any atom is 0.219 e. The van der Waals surface area contributed by atoms with Gasteiger partial charge >= 0.3 is 0 Å². The Morgan fingerprint density at radius 3 is 2.77 bits per heavy atom. The van der Waals surface area contributed by atoms with Crippen LogP contribution in [0.1, 0.15) is 23.7 Å². The average molecular weight is 299 g/mol. The van der Waals surface area contributed by atoms with Crippen LogP contribution >= 0.6 is 0 Å². The van der Waals surface area contributed by atoms with Gasteiger partial charge in [-0.1, -0.05) is 29.8 Å². The monoisotopic (exact) mass is 299 g/mol. The first-order valence-electron chi connectivity index (χ1n) is 7.15. The van der Waals surface area contributed by atoms with E-state index in [1.54, 1.807) is 17.7 Å². The Morgan fingerprint density at radius 2 is 2.14 bits per heavy atom. The molecule has 5 heteroatoms. The van der Waals surface area contributed by atoms with Crippen molar-refractivity contribution in [1.29, 1.82) is 5.26 Å². The Kier molecular flexibility index (Phi) is 5.08. The van der Waals surface area contributed by atoms with E-state index in [9.17, 15) is 5.26 Å². The van der Waals surface area contributed by atoms with Gasteiger partial charge in [0.25, 0.3) is 0 Å². The molecule has 22 heavy (non-hydrogen) atoms. The van der Waals surface area contributed by atoms with E-state index in [1.807, 2.05) is 32.0 Å². The molecule has 1 aromatic carbocycles. The van der Waals surface area contributed by atoms with E-state index in [0.717, 1.165) is 5.56 Å². The molecule has 0 saturated carbocycles. The zero-order chi connectivity index (χ0) is 16.1. The molecule has 1 atom stereocenters. The molecule has 0 spiro atoms. The number of nitrogen functional groups attached to an aromatic ring is 1. The smallest absolute Gasteiger partial charge is 0.219 e. The number of nitrogens with zero attached hydrogens (tertiary/aromatic N) is 2. The first-order chi connectivity index (χ1) is 10.5. The van der Waals surface area contributed by atoms with Crippen molar-refractivity contribution in [1.82, 2.24) is 4.57 Å². The van der Waals surface area contributed by atoms with Crippen LogP contribution in [-0.4, -0.2) is 24.4 Å². The second kappa shape index (κ2) is 7.01. The van der Waals surface area contributed by atoms with Gasteiger partial charge in [0, 0.05) is 13.2 Å². The number of hydrogen-bond acceptors (Lipinski definition) is 4. The summed E-state index contributed by atoms with van der Waals surface area (Å²) in [5.74, 6) is 0.516. The number of rotatable bonds is 6. The molecule has 5 nitrogen and oxygen atoms in total. The van der Waals surface area contributed by atoms with Crippen molar-refractivity contribution in [2.45, 2.75) is 26.5 Å². The minimum absolute atomic E-state index is 0.148. The molecule has 0 bridgehead atoms. The van der Waals surface area contributed by atoms with Gasteiger partial charge in [0.15, 0.2) is 0 Å². The standard InChI is InChI=1S/C17H21N3O2/c1-12-5-4-6-14(7-12)10-20-15(9-18)8-16(19)17(20)22-13(2)11-21-3/h4-8,13H,10-11,19H2,1-3H3/t13-/m0/s1. The summed E-state index contributed by atoms with van der Waals surface area (Å²) in [5, 5.41) is 9.32. The second-order valence-corrected chi connectivity index (χ2v) is 5.36. The van der Waals surface area contributed by atoms with Gasteiger partial charge in [-0.25, -0.2) is 0 Å². The molecule has 0 aliphatic rings. The van der Waals surface area contributed by atoms with Gasteiger partial charge in [0.2, 0.25) is 5.88 Å². The van der Waals surface area contributed by atoms with Crippen molar-refractivity contribution in [3.63, 3.8) is 0 Å². The molecule has 0 amide bonds. The van der Waals surface area contributed by atoms with Crippen molar-refractivity contribution in [2.75, 3.05) is 19.5 Å². The third-order valence-electron chi connectivity index (χ3n) is 3.33. The zero-order valence-corrected chi connectivity index (χ0v) is 13.2. The number of nitrogens with two attached hydrogens (primary N) is 1. The largest absolute Gasteiger partial charge is 0.472 e. The minimum Gasteiger partial charge on any atom is -0.472 e. The van der Waals surface area contributed by atoms with Crippen molar-refractivity contribution in [3.8, 4) is 11.9 Å². The number of ether oxygens (including phenoxy) is 2. The number of methoxy groups -OCH3 is 1. The molecule has 0 aliphatic heterocycles. The Balaban J connectivity index is 2.34. The van der Waals surface area contributed by atoms with Gasteiger partial charge in [-0.15, -0.1) is 0 Å². The van der Waals surface area contributed by atoms with Gasteiger partial charge in [-0.2, -0.15) is 5.26 Å². The maximum absolute atomic E-state index is 9.32. The number of nitriles is 1. The topological polar surface area (TPSA) is 73.2 Å². The molecule has 0 fully saturated rings. The van der Waals surface area contributed by atoms with Crippen LogP contribution in [0.15, 0.2) is 30.3 Å². The van der Waals surface area contributed by atoms with E-state index < -0.39 is 0 Å².